The lowest BCUT2D eigenvalue weighted by molar-refractivity contribution is 0.0904. The van der Waals surface area contributed by atoms with E-state index in [4.69, 9.17) is 4.74 Å². The van der Waals surface area contributed by atoms with Gasteiger partial charge in [0.05, 0.1) is 0 Å². The number of carbonyl (C=O) groups is 1. The van der Waals surface area contributed by atoms with Gasteiger partial charge in [0.1, 0.15) is 6.29 Å². The number of carbonyl (C=O) groups excluding carboxylic acids is 1. The van der Waals surface area contributed by atoms with E-state index >= 15 is 0 Å². The van der Waals surface area contributed by atoms with E-state index in [-0.39, 0.29) is 0 Å². The molecule has 23 heavy (non-hydrogen) atoms. The lowest BCUT2D eigenvalue weighted by Crippen LogP contribution is -2.28. The maximum atomic E-state index is 11.5. The van der Waals surface area contributed by atoms with E-state index in [1.165, 1.54) is 5.56 Å². The quantitative estimate of drug-likeness (QED) is 0.852. The summed E-state index contributed by atoms with van der Waals surface area (Å²) in [5.74, 6) is 0. The smallest absolute Gasteiger partial charge is 0.150 e. The second-order valence-electron chi connectivity index (χ2n) is 6.25. The van der Waals surface area contributed by atoms with Gasteiger partial charge in [-0.1, -0.05) is 29.8 Å². The number of hydrogen-bond donors (Lipinski definition) is 1. The molecule has 1 heterocycles. The molecule has 0 spiro atoms. The molecule has 0 bridgehead atoms. The van der Waals surface area contributed by atoms with Crippen molar-refractivity contribution in [3.05, 3.63) is 53.1 Å². The summed E-state index contributed by atoms with van der Waals surface area (Å²) < 4.78 is 5.42. The third-order valence-electron chi connectivity index (χ3n) is 4.54. The number of nitrogens with one attached hydrogen (secondary N) is 1. The Labute approximate surface area is 137 Å². The SMILES string of the molecule is Cc1ccc(-c2cc(C=O)c(C)c(NC3CCOCC3)c2)cc1. The zero-order chi connectivity index (χ0) is 16.2. The van der Waals surface area contributed by atoms with E-state index in [1.54, 1.807) is 0 Å². The number of hydrogen-bond acceptors (Lipinski definition) is 3. The minimum absolute atomic E-state index is 0.412. The molecule has 1 fully saturated rings. The highest BCUT2D eigenvalue weighted by molar-refractivity contribution is 5.85. The summed E-state index contributed by atoms with van der Waals surface area (Å²) in [7, 11) is 0. The topological polar surface area (TPSA) is 38.3 Å². The molecule has 2 aromatic carbocycles. The van der Waals surface area contributed by atoms with E-state index in [0.717, 1.165) is 60.3 Å². The fourth-order valence-electron chi connectivity index (χ4n) is 2.98. The third-order valence-corrected chi connectivity index (χ3v) is 4.54. The van der Waals surface area contributed by atoms with Gasteiger partial charge in [-0.05, 0) is 55.5 Å². The van der Waals surface area contributed by atoms with Gasteiger partial charge in [0.25, 0.3) is 0 Å². The van der Waals surface area contributed by atoms with Gasteiger partial charge in [0.15, 0.2) is 0 Å². The van der Waals surface area contributed by atoms with E-state index in [1.807, 2.05) is 13.0 Å². The van der Waals surface area contributed by atoms with Gasteiger partial charge in [0, 0.05) is 30.5 Å². The van der Waals surface area contributed by atoms with Crippen molar-refractivity contribution in [3.63, 3.8) is 0 Å². The first-order valence-electron chi connectivity index (χ1n) is 8.18. The van der Waals surface area contributed by atoms with Crippen molar-refractivity contribution in [1.82, 2.24) is 0 Å². The number of benzene rings is 2. The fraction of sp³-hybridized carbons (Fsp3) is 0.350. The molecular formula is C20H23NO2. The minimum Gasteiger partial charge on any atom is -0.382 e. The number of anilines is 1. The molecule has 1 aliphatic heterocycles. The Morgan fingerprint density at radius 1 is 1.04 bits per heavy atom. The van der Waals surface area contributed by atoms with Crippen molar-refractivity contribution in [2.45, 2.75) is 32.7 Å². The van der Waals surface area contributed by atoms with Crippen LogP contribution in [0.2, 0.25) is 0 Å². The van der Waals surface area contributed by atoms with Crippen LogP contribution in [0.3, 0.4) is 0 Å². The molecule has 0 aliphatic carbocycles. The van der Waals surface area contributed by atoms with E-state index in [9.17, 15) is 4.79 Å². The predicted molar refractivity (Wildman–Crippen MR) is 94.2 cm³/mol. The Morgan fingerprint density at radius 3 is 2.39 bits per heavy atom. The van der Waals surface area contributed by atoms with Gasteiger partial charge in [0.2, 0.25) is 0 Å². The third kappa shape index (κ3) is 3.62. The van der Waals surface area contributed by atoms with Crippen LogP contribution in [0.1, 0.15) is 34.3 Å². The normalized spacial score (nSPS) is 15.4. The van der Waals surface area contributed by atoms with E-state index in [0.29, 0.717) is 6.04 Å². The van der Waals surface area contributed by atoms with Crippen molar-refractivity contribution in [3.8, 4) is 11.1 Å². The zero-order valence-electron chi connectivity index (χ0n) is 13.8. The average Bonchev–Trinajstić information content (AvgIpc) is 2.58. The Hall–Kier alpha value is -2.13. The van der Waals surface area contributed by atoms with Crippen LogP contribution in [0, 0.1) is 13.8 Å². The summed E-state index contributed by atoms with van der Waals surface area (Å²) in [6.45, 7) is 5.68. The number of aldehydes is 1. The summed E-state index contributed by atoms with van der Waals surface area (Å²) in [5, 5.41) is 3.61. The highest BCUT2D eigenvalue weighted by Gasteiger charge is 2.16. The molecule has 0 saturated carbocycles. The minimum atomic E-state index is 0.412. The molecule has 0 unspecified atom stereocenters. The van der Waals surface area contributed by atoms with Crippen LogP contribution in [0.5, 0.6) is 0 Å². The van der Waals surface area contributed by atoms with Crippen molar-refractivity contribution >= 4 is 12.0 Å². The van der Waals surface area contributed by atoms with Gasteiger partial charge in [-0.3, -0.25) is 4.79 Å². The van der Waals surface area contributed by atoms with Crippen molar-refractivity contribution < 1.29 is 9.53 Å². The first kappa shape index (κ1) is 15.8. The van der Waals surface area contributed by atoms with Crippen LogP contribution in [-0.2, 0) is 4.74 Å². The molecule has 2 aromatic rings. The van der Waals surface area contributed by atoms with Crippen molar-refractivity contribution in [2.24, 2.45) is 0 Å². The second kappa shape index (κ2) is 6.97. The monoisotopic (exact) mass is 309 g/mol. The molecule has 3 nitrogen and oxygen atoms in total. The molecule has 0 amide bonds. The maximum absolute atomic E-state index is 11.5. The summed E-state index contributed by atoms with van der Waals surface area (Å²) in [4.78, 5) is 11.5. The first-order chi connectivity index (χ1) is 11.2. The molecule has 0 aromatic heterocycles. The van der Waals surface area contributed by atoms with Crippen LogP contribution in [0.4, 0.5) is 5.69 Å². The van der Waals surface area contributed by atoms with Gasteiger partial charge < -0.3 is 10.1 Å². The van der Waals surface area contributed by atoms with Gasteiger partial charge >= 0.3 is 0 Å². The summed E-state index contributed by atoms with van der Waals surface area (Å²) in [5.41, 5.74) is 6.26. The number of rotatable bonds is 4. The number of ether oxygens (including phenoxy) is 1. The second-order valence-corrected chi connectivity index (χ2v) is 6.25. The molecule has 1 saturated heterocycles. The van der Waals surface area contributed by atoms with Crippen LogP contribution < -0.4 is 5.32 Å². The van der Waals surface area contributed by atoms with Crippen LogP contribution in [-0.4, -0.2) is 25.5 Å². The van der Waals surface area contributed by atoms with Gasteiger partial charge in [-0.2, -0.15) is 0 Å². The average molecular weight is 309 g/mol. The lowest BCUT2D eigenvalue weighted by atomic mass is 9.97. The highest BCUT2D eigenvalue weighted by atomic mass is 16.5. The summed E-state index contributed by atoms with van der Waals surface area (Å²) >= 11 is 0. The van der Waals surface area contributed by atoms with Crippen LogP contribution >= 0.6 is 0 Å². The lowest BCUT2D eigenvalue weighted by Gasteiger charge is -2.25. The molecule has 3 rings (SSSR count). The standard InChI is InChI=1S/C20H23NO2/c1-14-3-5-16(6-4-14)17-11-18(13-22)15(2)20(12-17)21-19-7-9-23-10-8-19/h3-6,11-13,19,21H,7-10H2,1-2H3. The Bertz CT molecular complexity index is 686. The zero-order valence-corrected chi connectivity index (χ0v) is 13.8. The molecule has 120 valence electrons. The number of aryl methyl sites for hydroxylation is 1. The first-order valence-corrected chi connectivity index (χ1v) is 8.18. The summed E-state index contributed by atoms with van der Waals surface area (Å²) in [6.07, 6.45) is 2.96. The van der Waals surface area contributed by atoms with E-state index < -0.39 is 0 Å². The van der Waals surface area contributed by atoms with Crippen molar-refractivity contribution in [1.29, 1.82) is 0 Å². The molecule has 0 radical (unpaired) electrons. The van der Waals surface area contributed by atoms with Crippen LogP contribution in [0.25, 0.3) is 11.1 Å². The van der Waals surface area contributed by atoms with Gasteiger partial charge in [-0.25, -0.2) is 0 Å². The Morgan fingerprint density at radius 2 is 1.74 bits per heavy atom. The Balaban J connectivity index is 1.95. The fourth-order valence-corrected chi connectivity index (χ4v) is 2.98. The summed E-state index contributed by atoms with van der Waals surface area (Å²) in [6, 6.07) is 12.9. The van der Waals surface area contributed by atoms with Gasteiger partial charge in [-0.15, -0.1) is 0 Å². The maximum Gasteiger partial charge on any atom is 0.150 e. The predicted octanol–water partition coefficient (Wildman–Crippen LogP) is 4.37. The molecule has 1 N–H and O–H groups in total. The highest BCUT2D eigenvalue weighted by Crippen LogP contribution is 2.29. The van der Waals surface area contributed by atoms with Crippen LogP contribution in [0.15, 0.2) is 36.4 Å². The molecule has 3 heteroatoms. The molecular weight excluding hydrogens is 286 g/mol. The Kier molecular flexibility index (Phi) is 4.77. The largest absolute Gasteiger partial charge is 0.382 e. The van der Waals surface area contributed by atoms with Crippen molar-refractivity contribution in [2.75, 3.05) is 18.5 Å². The molecule has 1 aliphatic rings. The molecule has 0 atom stereocenters. The van der Waals surface area contributed by atoms with E-state index in [2.05, 4.69) is 42.6 Å².